The molecule has 2 fully saturated rings. The lowest BCUT2D eigenvalue weighted by Crippen LogP contribution is -2.44. The molecule has 2 aliphatic rings. The third-order valence-corrected chi connectivity index (χ3v) is 6.79. The van der Waals surface area contributed by atoms with Crippen molar-refractivity contribution in [2.24, 2.45) is 11.0 Å². The average molecular weight is 469 g/mol. The van der Waals surface area contributed by atoms with E-state index in [0.717, 1.165) is 12.8 Å². The van der Waals surface area contributed by atoms with Gasteiger partial charge < -0.3 is 4.74 Å². The molecule has 4 rings (SSSR count). The van der Waals surface area contributed by atoms with Crippen molar-refractivity contribution in [3.63, 3.8) is 0 Å². The Bertz CT molecular complexity index is 1210. The minimum atomic E-state index is -2.69. The number of alkyl halides is 2. The number of fused-ring (bicyclic) bond motifs is 1. The first-order valence-corrected chi connectivity index (χ1v) is 11.4. The van der Waals surface area contributed by atoms with E-state index in [0.29, 0.717) is 20.7 Å². The Morgan fingerprint density at radius 2 is 1.97 bits per heavy atom. The maximum atomic E-state index is 13.4. The Labute approximate surface area is 186 Å². The molecule has 0 aromatic carbocycles. The predicted molar refractivity (Wildman–Crippen MR) is 118 cm³/mol. The van der Waals surface area contributed by atoms with Crippen LogP contribution in [-0.2, 0) is 11.3 Å². The number of amides is 1. The monoisotopic (exact) mass is 468 g/mol. The summed E-state index contributed by atoms with van der Waals surface area (Å²) < 4.78 is 34.6. The van der Waals surface area contributed by atoms with Crippen LogP contribution in [0.2, 0.25) is 0 Å². The number of hydrazone groups is 1. The number of carbonyl (C=O) groups excluding carboxylic acids is 1. The molecule has 1 N–H and O–H groups in total. The van der Waals surface area contributed by atoms with Crippen LogP contribution in [0.1, 0.15) is 62.9 Å². The number of ether oxygens (including phenoxy) is 1. The maximum Gasteiger partial charge on any atom is 0.428 e. The molecule has 0 atom stereocenters. The van der Waals surface area contributed by atoms with E-state index in [1.165, 1.54) is 26.7 Å². The van der Waals surface area contributed by atoms with Gasteiger partial charge in [-0.3, -0.25) is 13.9 Å². The van der Waals surface area contributed by atoms with Gasteiger partial charge in [-0.2, -0.15) is 5.10 Å². The number of nitrogens with one attached hydrogen (secondary N) is 1. The van der Waals surface area contributed by atoms with E-state index >= 15 is 0 Å². The van der Waals surface area contributed by atoms with E-state index in [1.54, 1.807) is 27.7 Å². The summed E-state index contributed by atoms with van der Waals surface area (Å²) in [6.45, 7) is 7.08. The van der Waals surface area contributed by atoms with E-state index in [1.807, 2.05) is 0 Å². The lowest BCUT2D eigenvalue weighted by molar-refractivity contribution is -0.114. The molecule has 32 heavy (non-hydrogen) atoms. The number of aryl methyl sites for hydroxylation is 1. The number of carbonyl (C=O) groups is 1. The highest BCUT2D eigenvalue weighted by molar-refractivity contribution is 7.20. The Hall–Kier alpha value is -2.56. The molecular weight excluding hydrogens is 442 g/mol. The van der Waals surface area contributed by atoms with Crippen molar-refractivity contribution in [3.8, 4) is 0 Å². The Morgan fingerprint density at radius 1 is 1.31 bits per heavy atom. The van der Waals surface area contributed by atoms with Gasteiger partial charge in [0.1, 0.15) is 10.4 Å². The van der Waals surface area contributed by atoms with Gasteiger partial charge in [0.25, 0.3) is 5.56 Å². The largest absolute Gasteiger partial charge is 0.443 e. The first-order chi connectivity index (χ1) is 14.9. The number of hydrogen-bond acceptors (Lipinski definition) is 6. The molecule has 0 bridgehead atoms. The van der Waals surface area contributed by atoms with Gasteiger partial charge in [-0.05, 0) is 52.0 Å². The zero-order valence-corrected chi connectivity index (χ0v) is 19.2. The van der Waals surface area contributed by atoms with Crippen LogP contribution in [0.3, 0.4) is 0 Å². The van der Waals surface area contributed by atoms with Crippen molar-refractivity contribution < 1.29 is 18.3 Å². The molecule has 2 heterocycles. The summed E-state index contributed by atoms with van der Waals surface area (Å²) in [6, 6.07) is -0.140. The number of thiophene rings is 1. The lowest BCUT2D eigenvalue weighted by atomic mass is 9.81. The average Bonchev–Trinajstić information content (AvgIpc) is 3.40. The molecule has 1 amide bonds. The van der Waals surface area contributed by atoms with Gasteiger partial charge in [-0.1, -0.05) is 0 Å². The second-order valence-electron chi connectivity index (χ2n) is 9.57. The lowest BCUT2D eigenvalue weighted by Gasteiger charge is -2.35. The zero-order chi connectivity index (χ0) is 23.4. The van der Waals surface area contributed by atoms with Crippen molar-refractivity contribution >= 4 is 33.9 Å². The Kier molecular flexibility index (Phi) is 5.51. The molecule has 2 saturated carbocycles. The van der Waals surface area contributed by atoms with Crippen LogP contribution in [0.4, 0.5) is 13.6 Å². The highest BCUT2D eigenvalue weighted by Gasteiger charge is 2.45. The van der Waals surface area contributed by atoms with Crippen LogP contribution < -0.4 is 16.7 Å². The molecule has 0 unspecified atom stereocenters. The maximum absolute atomic E-state index is 13.4. The third-order valence-electron chi connectivity index (χ3n) is 5.54. The van der Waals surface area contributed by atoms with Crippen molar-refractivity contribution in [1.82, 2.24) is 14.6 Å². The van der Waals surface area contributed by atoms with Crippen LogP contribution in [0, 0.1) is 12.8 Å². The van der Waals surface area contributed by atoms with Crippen LogP contribution in [0.25, 0.3) is 10.2 Å². The first kappa shape index (κ1) is 22.6. The van der Waals surface area contributed by atoms with E-state index < -0.39 is 23.3 Å². The number of nitrogens with zero attached hydrogens (tertiary/aromatic N) is 3. The van der Waals surface area contributed by atoms with Crippen LogP contribution >= 0.6 is 11.3 Å². The molecule has 2 aromatic heterocycles. The molecule has 0 radical (unpaired) electrons. The fraction of sp³-hybridized carbons (Fsp3) is 0.619. The fourth-order valence-corrected chi connectivity index (χ4v) is 5.11. The summed E-state index contributed by atoms with van der Waals surface area (Å²) in [4.78, 5) is 39.1. The molecule has 0 spiro atoms. The predicted octanol–water partition coefficient (Wildman–Crippen LogP) is 3.77. The Morgan fingerprint density at radius 3 is 2.53 bits per heavy atom. The molecule has 0 aliphatic heterocycles. The van der Waals surface area contributed by atoms with E-state index in [4.69, 9.17) is 4.74 Å². The quantitative estimate of drug-likeness (QED) is 0.534. The van der Waals surface area contributed by atoms with Crippen molar-refractivity contribution in [1.29, 1.82) is 0 Å². The molecule has 8 nitrogen and oxygen atoms in total. The minimum absolute atomic E-state index is 0.140. The van der Waals surface area contributed by atoms with Crippen LogP contribution in [0.5, 0.6) is 0 Å². The Balaban J connectivity index is 1.70. The van der Waals surface area contributed by atoms with Crippen molar-refractivity contribution in [2.45, 2.75) is 77.5 Å². The highest BCUT2D eigenvalue weighted by Crippen LogP contribution is 2.43. The van der Waals surface area contributed by atoms with Gasteiger partial charge in [0.15, 0.2) is 0 Å². The van der Waals surface area contributed by atoms with Crippen molar-refractivity contribution in [2.75, 3.05) is 0 Å². The number of halogens is 2. The molecule has 2 aromatic rings. The smallest absolute Gasteiger partial charge is 0.428 e. The van der Waals surface area contributed by atoms with E-state index in [-0.39, 0.29) is 36.9 Å². The fourth-order valence-electron chi connectivity index (χ4n) is 3.94. The van der Waals surface area contributed by atoms with Gasteiger partial charge in [0.2, 0.25) is 5.92 Å². The topological polar surface area (TPSA) is 94.7 Å². The first-order valence-electron chi connectivity index (χ1n) is 10.5. The summed E-state index contributed by atoms with van der Waals surface area (Å²) in [6.07, 6.45) is 1.66. The molecule has 2 aliphatic carbocycles. The van der Waals surface area contributed by atoms with Gasteiger partial charge in [-0.15, -0.1) is 11.3 Å². The summed E-state index contributed by atoms with van der Waals surface area (Å²) in [7, 11) is 0. The van der Waals surface area contributed by atoms with E-state index in [9.17, 15) is 23.2 Å². The van der Waals surface area contributed by atoms with Crippen LogP contribution in [-0.4, -0.2) is 33.0 Å². The van der Waals surface area contributed by atoms with E-state index in [2.05, 4.69) is 10.5 Å². The zero-order valence-electron chi connectivity index (χ0n) is 18.4. The van der Waals surface area contributed by atoms with Gasteiger partial charge in [-0.25, -0.2) is 23.8 Å². The normalized spacial score (nSPS) is 18.8. The highest BCUT2D eigenvalue weighted by atomic mass is 32.1. The molecular formula is C21H26F2N4O4S. The number of aromatic nitrogens is 2. The molecule has 11 heteroatoms. The summed E-state index contributed by atoms with van der Waals surface area (Å²) >= 11 is 1.18. The van der Waals surface area contributed by atoms with Crippen molar-refractivity contribution in [3.05, 3.63) is 31.3 Å². The standard InChI is InChI=1S/C21H26F2N4O4S/c1-11-14(9-24-25-18(29)31-20(2,3)4)32-17-15(11)16(28)27(13-5-6-13)19(30)26(17)10-12-7-21(22,23)8-12/h9,12-13H,5-8,10H2,1-4H3,(H,25,29). The summed E-state index contributed by atoms with van der Waals surface area (Å²) in [5.74, 6) is -3.00. The second-order valence-corrected chi connectivity index (χ2v) is 10.6. The SMILES string of the molecule is Cc1c(C=NNC(=O)OC(C)(C)C)sc2c1c(=O)n(C1CC1)c(=O)n2CC1CC(F)(F)C1. The minimum Gasteiger partial charge on any atom is -0.443 e. The summed E-state index contributed by atoms with van der Waals surface area (Å²) in [5.41, 5.74) is 1.43. The number of rotatable bonds is 5. The van der Waals surface area contributed by atoms with Crippen LogP contribution in [0.15, 0.2) is 14.7 Å². The second kappa shape index (κ2) is 7.79. The van der Waals surface area contributed by atoms with Gasteiger partial charge >= 0.3 is 11.8 Å². The van der Waals surface area contributed by atoms with Gasteiger partial charge in [0, 0.05) is 25.4 Å². The third kappa shape index (κ3) is 4.48. The molecule has 0 saturated heterocycles. The molecule has 174 valence electrons. The number of hydrogen-bond donors (Lipinski definition) is 1. The summed E-state index contributed by atoms with van der Waals surface area (Å²) in [5, 5.41) is 4.30. The van der Waals surface area contributed by atoms with Gasteiger partial charge in [0.05, 0.1) is 16.5 Å².